The topological polar surface area (TPSA) is 128 Å². The fourth-order valence-electron chi connectivity index (χ4n) is 1.94. The zero-order valence-corrected chi connectivity index (χ0v) is 14.7. The summed E-state index contributed by atoms with van der Waals surface area (Å²) in [7, 11) is 1.45. The van der Waals surface area contributed by atoms with Crippen molar-refractivity contribution in [2.45, 2.75) is 0 Å². The number of halogens is 2. The van der Waals surface area contributed by atoms with Crippen LogP contribution in [0.1, 0.15) is 10.4 Å². The van der Waals surface area contributed by atoms with Gasteiger partial charge in [-0.25, -0.2) is 9.98 Å². The molecule has 0 radical (unpaired) electrons. The number of rotatable bonds is 3. The summed E-state index contributed by atoms with van der Waals surface area (Å²) in [4.78, 5) is 18.5. The van der Waals surface area contributed by atoms with Crippen LogP contribution in [0.15, 0.2) is 41.4 Å². The van der Waals surface area contributed by atoms with Crippen molar-refractivity contribution in [3.63, 3.8) is 0 Å². The third kappa shape index (κ3) is 4.20. The Kier molecular flexibility index (Phi) is 5.84. The molecule has 0 heterocycles. The molecule has 2 rings (SSSR count). The molecule has 2 aromatic carbocycles. The number of hydrogen-bond donors (Lipinski definition) is 5. The molecule has 2 aromatic rings. The van der Waals surface area contributed by atoms with Gasteiger partial charge in [0.1, 0.15) is 16.4 Å². The second-order valence-electron chi connectivity index (χ2n) is 4.89. The molecule has 25 heavy (non-hydrogen) atoms. The Morgan fingerprint density at radius 1 is 1.20 bits per heavy atom. The highest BCUT2D eigenvalue weighted by Gasteiger charge is 2.15. The van der Waals surface area contributed by atoms with Crippen LogP contribution >= 0.6 is 23.2 Å². The summed E-state index contributed by atoms with van der Waals surface area (Å²) in [6, 6.07) is 9.50. The summed E-state index contributed by atoms with van der Waals surface area (Å²) in [5.41, 5.74) is 12.3. The first-order valence-electron chi connectivity index (χ1n) is 7.07. The Bertz CT molecular complexity index is 881. The highest BCUT2D eigenvalue weighted by molar-refractivity contribution is 6.43. The molecule has 0 aliphatic heterocycles. The van der Waals surface area contributed by atoms with Crippen molar-refractivity contribution in [2.24, 2.45) is 16.5 Å². The minimum Gasteiger partial charge on any atom is -0.505 e. The zero-order valence-electron chi connectivity index (χ0n) is 13.2. The Labute approximate surface area is 154 Å². The number of nitrogens with two attached hydrogens (primary N) is 2. The number of nitrogens with one attached hydrogen (secondary N) is 2. The summed E-state index contributed by atoms with van der Waals surface area (Å²) in [5, 5.41) is 13.2. The lowest BCUT2D eigenvalue weighted by Gasteiger charge is -2.06. The van der Waals surface area contributed by atoms with Crippen molar-refractivity contribution < 1.29 is 14.9 Å². The van der Waals surface area contributed by atoms with E-state index in [-0.39, 0.29) is 33.7 Å². The van der Waals surface area contributed by atoms with E-state index in [1.54, 1.807) is 24.3 Å². The summed E-state index contributed by atoms with van der Waals surface area (Å²) < 4.78 is 0. The Hall–Kier alpha value is -2.77. The molecule has 9 heteroatoms. The van der Waals surface area contributed by atoms with Crippen molar-refractivity contribution in [2.75, 3.05) is 7.05 Å². The predicted molar refractivity (Wildman–Crippen MR) is 99.1 cm³/mol. The first-order chi connectivity index (χ1) is 11.8. The van der Waals surface area contributed by atoms with Crippen LogP contribution in [0.3, 0.4) is 0 Å². The number of amidine groups is 2. The smallest absolute Gasteiger partial charge is 0.313 e. The van der Waals surface area contributed by atoms with E-state index < -0.39 is 5.91 Å². The maximum atomic E-state index is 11.7. The summed E-state index contributed by atoms with van der Waals surface area (Å²) in [6.07, 6.45) is 0. The van der Waals surface area contributed by atoms with Gasteiger partial charge >= 0.3 is 5.84 Å². The van der Waals surface area contributed by atoms with Gasteiger partial charge in [0.25, 0.3) is 5.91 Å². The first-order valence-corrected chi connectivity index (χ1v) is 7.82. The minimum absolute atomic E-state index is 0.00825. The van der Waals surface area contributed by atoms with Gasteiger partial charge in [0.05, 0.1) is 10.6 Å². The molecule has 0 fully saturated rings. The van der Waals surface area contributed by atoms with Gasteiger partial charge in [0.15, 0.2) is 5.75 Å². The van der Waals surface area contributed by atoms with E-state index in [1.807, 2.05) is 0 Å². The number of nitrogens with zero attached hydrogens (tertiary/aromatic N) is 1. The van der Waals surface area contributed by atoms with Crippen LogP contribution < -0.4 is 21.8 Å². The van der Waals surface area contributed by atoms with E-state index in [2.05, 4.69) is 15.3 Å². The van der Waals surface area contributed by atoms with E-state index >= 15 is 0 Å². The number of para-hydroxylation sites is 1. The first kappa shape index (κ1) is 18.6. The Morgan fingerprint density at radius 2 is 1.88 bits per heavy atom. The lowest BCUT2D eigenvalue weighted by molar-refractivity contribution is -0.352. The Morgan fingerprint density at radius 3 is 2.56 bits per heavy atom. The second-order valence-corrected chi connectivity index (χ2v) is 5.67. The number of hydrogen-bond acceptors (Lipinski definition) is 3. The van der Waals surface area contributed by atoms with Gasteiger partial charge in [-0.2, -0.15) is 0 Å². The average Bonchev–Trinajstić information content (AvgIpc) is 2.60. The second kappa shape index (κ2) is 7.87. The van der Waals surface area contributed by atoms with Crippen LogP contribution in [-0.2, 0) is 0 Å². The number of aliphatic imine (C=N–C) groups is 1. The van der Waals surface area contributed by atoms with Gasteiger partial charge < -0.3 is 16.2 Å². The monoisotopic (exact) mass is 380 g/mol. The number of phenolic OH excluding ortho intramolecular Hbond substituents is 1. The van der Waals surface area contributed by atoms with Gasteiger partial charge in [0, 0.05) is 7.05 Å². The van der Waals surface area contributed by atoms with Crippen LogP contribution in [0.2, 0.25) is 10.0 Å². The predicted octanol–water partition coefficient (Wildman–Crippen LogP) is 0.817. The number of amides is 1. The molecule has 0 unspecified atom stereocenters. The lowest BCUT2D eigenvalue weighted by Crippen LogP contribution is -2.72. The third-order valence-electron chi connectivity index (χ3n) is 3.22. The molecular formula is C16H16Cl2N5O2+. The van der Waals surface area contributed by atoms with Gasteiger partial charge in [-0.05, 0) is 24.3 Å². The molecule has 7 N–H and O–H groups in total. The SMILES string of the molecule is CNC(=O)c1cccc(N=C(N)C(N)=[NH+]c2cccc(Cl)c2Cl)c1O. The molecule has 1 amide bonds. The highest BCUT2D eigenvalue weighted by atomic mass is 35.5. The van der Waals surface area contributed by atoms with Crippen LogP contribution in [0.5, 0.6) is 5.75 Å². The molecule has 0 aliphatic carbocycles. The largest absolute Gasteiger partial charge is 0.505 e. The fourth-order valence-corrected chi connectivity index (χ4v) is 2.29. The third-order valence-corrected chi connectivity index (χ3v) is 4.04. The summed E-state index contributed by atoms with van der Waals surface area (Å²) >= 11 is 12.0. The zero-order chi connectivity index (χ0) is 18.6. The number of benzene rings is 2. The van der Waals surface area contributed by atoms with E-state index in [4.69, 9.17) is 34.7 Å². The van der Waals surface area contributed by atoms with Gasteiger partial charge in [-0.3, -0.25) is 10.5 Å². The number of carbonyl (C=O) groups excluding carboxylic acids is 1. The van der Waals surface area contributed by atoms with E-state index in [0.717, 1.165) is 0 Å². The van der Waals surface area contributed by atoms with Crippen molar-refractivity contribution in [3.8, 4) is 5.75 Å². The van der Waals surface area contributed by atoms with E-state index in [1.165, 1.54) is 19.2 Å². The van der Waals surface area contributed by atoms with E-state index in [0.29, 0.717) is 10.7 Å². The minimum atomic E-state index is -0.450. The molecule has 0 aromatic heterocycles. The van der Waals surface area contributed by atoms with Crippen LogP contribution in [-0.4, -0.2) is 29.7 Å². The van der Waals surface area contributed by atoms with Crippen molar-refractivity contribution >= 4 is 52.2 Å². The lowest BCUT2D eigenvalue weighted by atomic mass is 10.1. The number of aromatic hydroxyl groups is 1. The quantitative estimate of drug-likeness (QED) is 0.398. The van der Waals surface area contributed by atoms with Crippen LogP contribution in [0.25, 0.3) is 0 Å². The van der Waals surface area contributed by atoms with Gasteiger partial charge in [0.2, 0.25) is 5.84 Å². The molecule has 0 atom stereocenters. The molecule has 130 valence electrons. The summed E-state index contributed by atoms with van der Waals surface area (Å²) in [6.45, 7) is 0. The normalized spacial score (nSPS) is 12.1. The van der Waals surface area contributed by atoms with Crippen molar-refractivity contribution in [3.05, 3.63) is 52.0 Å². The molecule has 0 saturated heterocycles. The fraction of sp³-hybridized carbons (Fsp3) is 0.0625. The van der Waals surface area contributed by atoms with E-state index in [9.17, 15) is 9.90 Å². The van der Waals surface area contributed by atoms with Crippen molar-refractivity contribution in [1.82, 2.24) is 5.32 Å². The molecular weight excluding hydrogens is 365 g/mol. The van der Waals surface area contributed by atoms with Crippen molar-refractivity contribution in [1.29, 1.82) is 0 Å². The molecule has 0 bridgehead atoms. The number of phenols is 1. The standard InChI is InChI=1S/C16H15Cl2N5O2/c1-21-16(25)8-4-2-7-11(13(8)24)23-15(20)14(19)22-10-6-3-5-9(17)12(10)18/h2-7,24H,1H3,(H2,19,22)(H2,20,23)(H,21,25)/p+1. The van der Waals surface area contributed by atoms with Gasteiger partial charge in [-0.15, -0.1) is 0 Å². The maximum Gasteiger partial charge on any atom is 0.313 e. The average molecular weight is 381 g/mol. The van der Waals surface area contributed by atoms with Crippen LogP contribution in [0, 0.1) is 0 Å². The van der Waals surface area contributed by atoms with Gasteiger partial charge in [-0.1, -0.05) is 35.3 Å². The summed E-state index contributed by atoms with van der Waals surface area (Å²) in [5.74, 6) is -0.846. The number of carbonyl (C=O) groups is 1. The highest BCUT2D eigenvalue weighted by Crippen LogP contribution is 2.30. The van der Waals surface area contributed by atoms with Crippen LogP contribution in [0.4, 0.5) is 11.4 Å². The molecule has 0 spiro atoms. The Balaban J connectivity index is 2.40. The maximum absolute atomic E-state index is 11.7. The molecule has 7 nitrogen and oxygen atoms in total. The molecule has 0 saturated carbocycles. The molecule has 0 aliphatic rings.